The lowest BCUT2D eigenvalue weighted by atomic mass is 9.95. The third-order valence-corrected chi connectivity index (χ3v) is 5.02. The molecule has 3 heteroatoms. The Labute approximate surface area is 146 Å². The number of rotatable bonds is 6. The Bertz CT molecular complexity index is 609. The van der Waals surface area contributed by atoms with Crippen LogP contribution < -0.4 is 5.32 Å². The molecule has 1 fully saturated rings. The van der Waals surface area contributed by atoms with E-state index < -0.39 is 0 Å². The molecule has 0 aliphatic carbocycles. The molecule has 2 heterocycles. The second kappa shape index (κ2) is 8.29. The van der Waals surface area contributed by atoms with E-state index in [9.17, 15) is 0 Å². The molecular formula is C21H29N3. The largest absolute Gasteiger partial charge is 0.368 e. The lowest BCUT2D eigenvalue weighted by Crippen LogP contribution is -2.33. The van der Waals surface area contributed by atoms with Gasteiger partial charge in [0.05, 0.1) is 0 Å². The molecule has 24 heavy (non-hydrogen) atoms. The maximum absolute atomic E-state index is 4.65. The SMILES string of the molecule is CC[C@@H](C)Nc1ccc([C@@H]2CCCCN2Cc2ccccc2)cn1. The molecule has 0 spiro atoms. The van der Waals surface area contributed by atoms with E-state index in [2.05, 4.69) is 77.7 Å². The number of likely N-dealkylation sites (tertiary alicyclic amines) is 1. The van der Waals surface area contributed by atoms with Crippen molar-refractivity contribution in [2.75, 3.05) is 11.9 Å². The summed E-state index contributed by atoms with van der Waals surface area (Å²) in [6, 6.07) is 16.1. The van der Waals surface area contributed by atoms with Gasteiger partial charge in [-0.3, -0.25) is 4.90 Å². The van der Waals surface area contributed by atoms with Crippen molar-refractivity contribution in [1.82, 2.24) is 9.88 Å². The molecule has 0 radical (unpaired) electrons. The van der Waals surface area contributed by atoms with Gasteiger partial charge in [-0.25, -0.2) is 4.98 Å². The van der Waals surface area contributed by atoms with Gasteiger partial charge < -0.3 is 5.32 Å². The van der Waals surface area contributed by atoms with E-state index in [0.717, 1.165) is 18.8 Å². The molecule has 0 amide bonds. The lowest BCUT2D eigenvalue weighted by molar-refractivity contribution is 0.140. The van der Waals surface area contributed by atoms with Crippen LogP contribution in [0.1, 0.15) is 56.7 Å². The van der Waals surface area contributed by atoms with Crippen molar-refractivity contribution in [3.8, 4) is 0 Å². The first kappa shape index (κ1) is 17.0. The number of pyridine rings is 1. The minimum atomic E-state index is 0.465. The second-order valence-electron chi connectivity index (χ2n) is 6.90. The number of hydrogen-bond donors (Lipinski definition) is 1. The summed E-state index contributed by atoms with van der Waals surface area (Å²) < 4.78 is 0. The zero-order chi connectivity index (χ0) is 16.8. The van der Waals surface area contributed by atoms with Gasteiger partial charge >= 0.3 is 0 Å². The highest BCUT2D eigenvalue weighted by Crippen LogP contribution is 2.32. The first-order valence-corrected chi connectivity index (χ1v) is 9.26. The number of benzene rings is 1. The predicted molar refractivity (Wildman–Crippen MR) is 101 cm³/mol. The zero-order valence-corrected chi connectivity index (χ0v) is 14.9. The van der Waals surface area contributed by atoms with Crippen molar-refractivity contribution < 1.29 is 0 Å². The van der Waals surface area contributed by atoms with Gasteiger partial charge in [-0.05, 0) is 49.9 Å². The van der Waals surface area contributed by atoms with Crippen molar-refractivity contribution in [1.29, 1.82) is 0 Å². The predicted octanol–water partition coefficient (Wildman–Crippen LogP) is 5.02. The van der Waals surface area contributed by atoms with Crippen LogP contribution in [0.4, 0.5) is 5.82 Å². The topological polar surface area (TPSA) is 28.2 Å². The van der Waals surface area contributed by atoms with E-state index in [0.29, 0.717) is 12.1 Å². The number of hydrogen-bond acceptors (Lipinski definition) is 3. The van der Waals surface area contributed by atoms with Crippen molar-refractivity contribution in [2.45, 2.75) is 58.2 Å². The molecule has 1 aromatic carbocycles. The normalized spacial score (nSPS) is 19.8. The fourth-order valence-electron chi connectivity index (χ4n) is 3.42. The number of anilines is 1. The fourth-order valence-corrected chi connectivity index (χ4v) is 3.42. The molecular weight excluding hydrogens is 294 g/mol. The Morgan fingerprint density at radius 1 is 1.17 bits per heavy atom. The summed E-state index contributed by atoms with van der Waals surface area (Å²) in [7, 11) is 0. The van der Waals surface area contributed by atoms with Crippen LogP contribution in [0, 0.1) is 0 Å². The number of nitrogens with one attached hydrogen (secondary N) is 1. The molecule has 0 saturated carbocycles. The van der Waals surface area contributed by atoms with Crippen LogP contribution in [-0.4, -0.2) is 22.5 Å². The average Bonchev–Trinajstić information content (AvgIpc) is 2.64. The van der Waals surface area contributed by atoms with Crippen molar-refractivity contribution in [3.63, 3.8) is 0 Å². The van der Waals surface area contributed by atoms with Gasteiger partial charge in [0, 0.05) is 24.8 Å². The summed E-state index contributed by atoms with van der Waals surface area (Å²) in [6.45, 7) is 6.58. The summed E-state index contributed by atoms with van der Waals surface area (Å²) in [4.78, 5) is 7.25. The molecule has 2 atom stereocenters. The highest BCUT2D eigenvalue weighted by atomic mass is 15.2. The Hall–Kier alpha value is -1.87. The molecule has 1 saturated heterocycles. The highest BCUT2D eigenvalue weighted by molar-refractivity contribution is 5.37. The van der Waals surface area contributed by atoms with Crippen molar-refractivity contribution in [3.05, 3.63) is 59.8 Å². The molecule has 128 valence electrons. The Morgan fingerprint density at radius 3 is 2.71 bits per heavy atom. The molecule has 3 nitrogen and oxygen atoms in total. The van der Waals surface area contributed by atoms with Gasteiger partial charge in [0.25, 0.3) is 0 Å². The van der Waals surface area contributed by atoms with Gasteiger partial charge in [-0.2, -0.15) is 0 Å². The van der Waals surface area contributed by atoms with Gasteiger partial charge in [0.15, 0.2) is 0 Å². The molecule has 1 aliphatic heterocycles. The van der Waals surface area contributed by atoms with Gasteiger partial charge in [0.1, 0.15) is 5.82 Å². The van der Waals surface area contributed by atoms with E-state index in [-0.39, 0.29) is 0 Å². The van der Waals surface area contributed by atoms with Crippen LogP contribution in [0.25, 0.3) is 0 Å². The van der Waals surface area contributed by atoms with Gasteiger partial charge in [-0.15, -0.1) is 0 Å². The van der Waals surface area contributed by atoms with Gasteiger partial charge in [-0.1, -0.05) is 49.7 Å². The fraction of sp³-hybridized carbons (Fsp3) is 0.476. The first-order chi connectivity index (χ1) is 11.8. The average molecular weight is 323 g/mol. The van der Waals surface area contributed by atoms with Crippen LogP contribution in [0.15, 0.2) is 48.7 Å². The second-order valence-corrected chi connectivity index (χ2v) is 6.90. The van der Waals surface area contributed by atoms with E-state index in [4.69, 9.17) is 0 Å². The van der Waals surface area contributed by atoms with Gasteiger partial charge in [0.2, 0.25) is 0 Å². The smallest absolute Gasteiger partial charge is 0.126 e. The molecule has 1 aromatic heterocycles. The van der Waals surface area contributed by atoms with E-state index in [1.54, 1.807) is 0 Å². The van der Waals surface area contributed by atoms with Crippen LogP contribution in [0.5, 0.6) is 0 Å². The number of aromatic nitrogens is 1. The number of piperidine rings is 1. The monoisotopic (exact) mass is 323 g/mol. The highest BCUT2D eigenvalue weighted by Gasteiger charge is 2.24. The summed E-state index contributed by atoms with van der Waals surface area (Å²) >= 11 is 0. The summed E-state index contributed by atoms with van der Waals surface area (Å²) in [5, 5.41) is 3.45. The van der Waals surface area contributed by atoms with Crippen LogP contribution in [0.3, 0.4) is 0 Å². The van der Waals surface area contributed by atoms with E-state index in [1.807, 2.05) is 0 Å². The summed E-state index contributed by atoms with van der Waals surface area (Å²) in [5.74, 6) is 0.985. The lowest BCUT2D eigenvalue weighted by Gasteiger charge is -2.36. The minimum Gasteiger partial charge on any atom is -0.368 e. The molecule has 0 bridgehead atoms. The Balaban J connectivity index is 1.70. The molecule has 2 aromatic rings. The minimum absolute atomic E-state index is 0.465. The Kier molecular flexibility index (Phi) is 5.86. The van der Waals surface area contributed by atoms with E-state index >= 15 is 0 Å². The van der Waals surface area contributed by atoms with Crippen LogP contribution in [-0.2, 0) is 6.54 Å². The zero-order valence-electron chi connectivity index (χ0n) is 14.9. The third kappa shape index (κ3) is 4.35. The first-order valence-electron chi connectivity index (χ1n) is 9.26. The molecule has 1 N–H and O–H groups in total. The van der Waals surface area contributed by atoms with E-state index in [1.165, 1.54) is 36.9 Å². The third-order valence-electron chi connectivity index (χ3n) is 5.02. The summed E-state index contributed by atoms with van der Waals surface area (Å²) in [6.07, 6.45) is 7.01. The van der Waals surface area contributed by atoms with Crippen molar-refractivity contribution in [2.24, 2.45) is 0 Å². The van der Waals surface area contributed by atoms with Crippen LogP contribution >= 0.6 is 0 Å². The molecule has 3 rings (SSSR count). The quantitative estimate of drug-likeness (QED) is 0.809. The number of nitrogens with zero attached hydrogens (tertiary/aromatic N) is 2. The maximum Gasteiger partial charge on any atom is 0.126 e. The molecule has 0 unspecified atom stereocenters. The Morgan fingerprint density at radius 2 is 2.00 bits per heavy atom. The standard InChI is InChI=1S/C21H29N3/c1-3-17(2)23-21-13-12-19(15-22-21)20-11-7-8-14-24(20)16-18-9-5-4-6-10-18/h4-6,9-10,12-13,15,17,20H,3,7-8,11,14,16H2,1-2H3,(H,22,23)/t17-,20+/m1/s1. The van der Waals surface area contributed by atoms with Crippen LogP contribution in [0.2, 0.25) is 0 Å². The summed E-state index contributed by atoms with van der Waals surface area (Å²) in [5.41, 5.74) is 2.74. The van der Waals surface area contributed by atoms with Crippen molar-refractivity contribution >= 4 is 5.82 Å². The molecule has 1 aliphatic rings. The maximum atomic E-state index is 4.65.